The lowest BCUT2D eigenvalue weighted by Crippen LogP contribution is -2.30. The van der Waals surface area contributed by atoms with Crippen LogP contribution in [0.4, 0.5) is 0 Å². The molecule has 4 nitrogen and oxygen atoms in total. The molecule has 0 saturated heterocycles. The van der Waals surface area contributed by atoms with E-state index in [1.165, 1.54) is 0 Å². The summed E-state index contributed by atoms with van der Waals surface area (Å²) in [6.45, 7) is 4.80. The molecule has 1 aliphatic rings. The van der Waals surface area contributed by atoms with Gasteiger partial charge in [-0.3, -0.25) is 9.48 Å². The number of carbonyl (C=O) groups excluding carboxylic acids is 1. The smallest absolute Gasteiger partial charge is 0.141 e. The number of rotatable bonds is 5. The van der Waals surface area contributed by atoms with Crippen LogP contribution in [-0.2, 0) is 24.2 Å². The first-order chi connectivity index (χ1) is 9.56. The summed E-state index contributed by atoms with van der Waals surface area (Å²) >= 11 is 6.36. The zero-order chi connectivity index (χ0) is 14.7. The van der Waals surface area contributed by atoms with Crippen LogP contribution in [0.2, 0.25) is 5.02 Å². The lowest BCUT2D eigenvalue weighted by atomic mass is 9.82. The first kappa shape index (κ1) is 15.5. The lowest BCUT2D eigenvalue weighted by Gasteiger charge is -2.25. The number of aromatic nitrogens is 2. The maximum Gasteiger partial charge on any atom is 0.141 e. The molecule has 2 N–H and O–H groups in total. The maximum atomic E-state index is 12.5. The highest BCUT2D eigenvalue weighted by Crippen LogP contribution is 2.28. The summed E-state index contributed by atoms with van der Waals surface area (Å²) in [4.78, 5) is 12.5. The molecule has 0 amide bonds. The fraction of sp³-hybridized carbons (Fsp3) is 0.733. The van der Waals surface area contributed by atoms with Crippen molar-refractivity contribution in [2.24, 2.45) is 11.7 Å². The van der Waals surface area contributed by atoms with Gasteiger partial charge in [-0.25, -0.2) is 0 Å². The molecule has 0 aromatic carbocycles. The zero-order valence-corrected chi connectivity index (χ0v) is 13.1. The highest BCUT2D eigenvalue weighted by Gasteiger charge is 2.26. The van der Waals surface area contributed by atoms with Crippen molar-refractivity contribution in [3.8, 4) is 0 Å². The van der Waals surface area contributed by atoms with Gasteiger partial charge in [0.15, 0.2) is 0 Å². The predicted octanol–water partition coefficient (Wildman–Crippen LogP) is 2.75. The Morgan fingerprint density at radius 1 is 1.35 bits per heavy atom. The van der Waals surface area contributed by atoms with Crippen molar-refractivity contribution in [2.45, 2.75) is 65.0 Å². The van der Waals surface area contributed by atoms with E-state index in [2.05, 4.69) is 5.10 Å². The fourth-order valence-corrected chi connectivity index (χ4v) is 3.27. The van der Waals surface area contributed by atoms with E-state index in [9.17, 15) is 4.79 Å². The van der Waals surface area contributed by atoms with Gasteiger partial charge in [0.25, 0.3) is 0 Å². The van der Waals surface area contributed by atoms with Crippen LogP contribution in [0.25, 0.3) is 0 Å². The number of nitrogens with two attached hydrogens (primary N) is 1. The van der Waals surface area contributed by atoms with Crippen LogP contribution in [0.5, 0.6) is 0 Å². The molecule has 1 heterocycles. The zero-order valence-electron chi connectivity index (χ0n) is 12.4. The first-order valence-electron chi connectivity index (χ1n) is 7.59. The minimum atomic E-state index is 0.149. The Hall–Kier alpha value is -0.870. The summed E-state index contributed by atoms with van der Waals surface area (Å²) < 4.78 is 1.87. The number of hydrogen-bond acceptors (Lipinski definition) is 3. The van der Waals surface area contributed by atoms with E-state index >= 15 is 0 Å². The van der Waals surface area contributed by atoms with Crippen molar-refractivity contribution in [2.75, 3.05) is 0 Å². The average Bonchev–Trinajstić information content (AvgIpc) is 2.76. The molecule has 0 aliphatic heterocycles. The van der Waals surface area contributed by atoms with Crippen LogP contribution in [0.3, 0.4) is 0 Å². The first-order valence-corrected chi connectivity index (χ1v) is 7.96. The second-order valence-electron chi connectivity index (χ2n) is 5.63. The Kier molecular flexibility index (Phi) is 5.22. The number of nitrogens with zero attached hydrogens (tertiary/aromatic N) is 2. The number of ketones is 1. The Morgan fingerprint density at radius 3 is 2.55 bits per heavy atom. The number of halogens is 1. The third kappa shape index (κ3) is 3.23. The molecule has 0 atom stereocenters. The molecule has 0 radical (unpaired) electrons. The van der Waals surface area contributed by atoms with Gasteiger partial charge in [-0.2, -0.15) is 5.10 Å². The molecule has 2 rings (SSSR count). The van der Waals surface area contributed by atoms with E-state index in [1.807, 2.05) is 18.5 Å². The van der Waals surface area contributed by atoms with Crippen LogP contribution in [-0.4, -0.2) is 21.6 Å². The SMILES string of the molecule is CCc1nn(CC)c(CC(=O)C2CCC(N)CC2)c1Cl. The third-order valence-corrected chi connectivity index (χ3v) is 4.70. The van der Waals surface area contributed by atoms with Gasteiger partial charge >= 0.3 is 0 Å². The van der Waals surface area contributed by atoms with Crippen molar-refractivity contribution in [3.63, 3.8) is 0 Å². The Morgan fingerprint density at radius 2 is 2.00 bits per heavy atom. The van der Waals surface area contributed by atoms with Crippen LogP contribution in [0, 0.1) is 5.92 Å². The molecule has 1 fully saturated rings. The van der Waals surface area contributed by atoms with Gasteiger partial charge in [0.05, 0.1) is 22.8 Å². The summed E-state index contributed by atoms with van der Waals surface area (Å²) in [6.07, 6.45) is 4.94. The molecule has 0 unspecified atom stereocenters. The molecule has 1 aromatic rings. The molecule has 112 valence electrons. The minimum absolute atomic E-state index is 0.149. The molecular weight excluding hydrogens is 274 g/mol. The summed E-state index contributed by atoms with van der Waals surface area (Å²) in [5.41, 5.74) is 7.67. The summed E-state index contributed by atoms with van der Waals surface area (Å²) in [5.74, 6) is 0.437. The summed E-state index contributed by atoms with van der Waals surface area (Å²) in [7, 11) is 0. The van der Waals surface area contributed by atoms with E-state index in [1.54, 1.807) is 0 Å². The lowest BCUT2D eigenvalue weighted by molar-refractivity contribution is -0.123. The third-order valence-electron chi connectivity index (χ3n) is 4.26. The molecular formula is C15H24ClN3O. The number of carbonyl (C=O) groups is 1. The number of hydrogen-bond donors (Lipinski definition) is 1. The van der Waals surface area contributed by atoms with E-state index in [0.29, 0.717) is 11.4 Å². The highest BCUT2D eigenvalue weighted by molar-refractivity contribution is 6.32. The molecule has 1 aliphatic carbocycles. The highest BCUT2D eigenvalue weighted by atomic mass is 35.5. The molecule has 0 bridgehead atoms. The van der Waals surface area contributed by atoms with E-state index in [-0.39, 0.29) is 17.7 Å². The quantitative estimate of drug-likeness (QED) is 0.909. The second-order valence-corrected chi connectivity index (χ2v) is 6.01. The monoisotopic (exact) mass is 297 g/mol. The van der Waals surface area contributed by atoms with E-state index < -0.39 is 0 Å². The minimum Gasteiger partial charge on any atom is -0.328 e. The van der Waals surface area contributed by atoms with Crippen LogP contribution in [0.1, 0.15) is 50.9 Å². The van der Waals surface area contributed by atoms with Crippen molar-refractivity contribution in [1.82, 2.24) is 9.78 Å². The van der Waals surface area contributed by atoms with Crippen molar-refractivity contribution >= 4 is 17.4 Å². The number of Topliss-reactive ketones (excluding diaryl/α,β-unsaturated/α-hetero) is 1. The van der Waals surface area contributed by atoms with Gasteiger partial charge in [0.1, 0.15) is 5.78 Å². The Labute approximate surface area is 125 Å². The van der Waals surface area contributed by atoms with Gasteiger partial charge in [0.2, 0.25) is 0 Å². The van der Waals surface area contributed by atoms with Gasteiger partial charge in [0, 0.05) is 18.5 Å². The van der Waals surface area contributed by atoms with Gasteiger partial charge in [-0.1, -0.05) is 18.5 Å². The normalized spacial score (nSPS) is 23.0. The van der Waals surface area contributed by atoms with Gasteiger partial charge in [-0.05, 0) is 39.0 Å². The van der Waals surface area contributed by atoms with Crippen LogP contribution in [0.15, 0.2) is 0 Å². The Balaban J connectivity index is 2.09. The molecule has 1 saturated carbocycles. The number of aryl methyl sites for hydroxylation is 2. The fourth-order valence-electron chi connectivity index (χ4n) is 2.94. The van der Waals surface area contributed by atoms with E-state index in [0.717, 1.165) is 50.0 Å². The maximum absolute atomic E-state index is 12.5. The second kappa shape index (κ2) is 6.72. The van der Waals surface area contributed by atoms with Crippen molar-refractivity contribution < 1.29 is 4.79 Å². The Bertz CT molecular complexity index is 476. The molecule has 0 spiro atoms. The molecule has 20 heavy (non-hydrogen) atoms. The predicted molar refractivity (Wildman–Crippen MR) is 80.9 cm³/mol. The largest absolute Gasteiger partial charge is 0.328 e. The summed E-state index contributed by atoms with van der Waals surface area (Å²) in [5, 5.41) is 5.15. The topological polar surface area (TPSA) is 60.9 Å². The molecule has 5 heteroatoms. The van der Waals surface area contributed by atoms with Gasteiger partial charge in [-0.15, -0.1) is 0 Å². The van der Waals surface area contributed by atoms with Crippen LogP contribution < -0.4 is 5.73 Å². The summed E-state index contributed by atoms with van der Waals surface area (Å²) in [6, 6.07) is 0.274. The van der Waals surface area contributed by atoms with Crippen molar-refractivity contribution in [1.29, 1.82) is 0 Å². The average molecular weight is 298 g/mol. The van der Waals surface area contributed by atoms with E-state index in [4.69, 9.17) is 17.3 Å². The van der Waals surface area contributed by atoms with Crippen LogP contribution >= 0.6 is 11.6 Å². The molecule has 1 aromatic heterocycles. The van der Waals surface area contributed by atoms with Crippen molar-refractivity contribution in [3.05, 3.63) is 16.4 Å². The van der Waals surface area contributed by atoms with Gasteiger partial charge < -0.3 is 5.73 Å². The standard InChI is InChI=1S/C15H24ClN3O/c1-3-12-15(16)13(19(4-2)18-12)9-14(20)10-5-7-11(17)8-6-10/h10-11H,3-9,17H2,1-2H3.